The van der Waals surface area contributed by atoms with E-state index in [1.165, 1.54) is 4.31 Å². The zero-order chi connectivity index (χ0) is 18.6. The summed E-state index contributed by atoms with van der Waals surface area (Å²) in [5.41, 5.74) is 4.32. The highest BCUT2D eigenvalue weighted by Gasteiger charge is 2.19. The van der Waals surface area contributed by atoms with Crippen LogP contribution in [0.1, 0.15) is 23.1 Å². The van der Waals surface area contributed by atoms with E-state index in [1.54, 1.807) is 18.2 Å². The molecule has 6 heteroatoms. The first-order valence-electron chi connectivity index (χ1n) is 8.08. The van der Waals surface area contributed by atoms with Crippen LogP contribution in [0.2, 0.25) is 0 Å². The van der Waals surface area contributed by atoms with Gasteiger partial charge >= 0.3 is 0 Å². The molecule has 1 N–H and O–H groups in total. The monoisotopic (exact) mass is 360 g/mol. The number of nitrogens with one attached hydrogen (secondary N) is 1. The number of carbonyl (C=O) groups is 1. The molecule has 0 heterocycles. The Hall–Kier alpha value is -2.34. The molecule has 2 rings (SSSR count). The molecule has 0 radical (unpaired) electrons. The minimum absolute atomic E-state index is 0.0778. The third-order valence-corrected chi connectivity index (χ3v) is 5.09. The van der Waals surface area contributed by atoms with Crippen LogP contribution in [0.4, 0.5) is 11.4 Å². The molecule has 1 amide bonds. The van der Waals surface area contributed by atoms with Crippen molar-refractivity contribution >= 4 is 27.3 Å². The Morgan fingerprint density at radius 3 is 2.36 bits per heavy atom. The fourth-order valence-electron chi connectivity index (χ4n) is 2.56. The molecular formula is C19H24N2O3S. The molecule has 0 unspecified atom stereocenters. The van der Waals surface area contributed by atoms with Gasteiger partial charge in [-0.15, -0.1) is 0 Å². The smallest absolute Gasteiger partial charge is 0.232 e. The summed E-state index contributed by atoms with van der Waals surface area (Å²) in [4.78, 5) is 12.3. The first-order chi connectivity index (χ1) is 11.7. The van der Waals surface area contributed by atoms with Crippen LogP contribution in [0.25, 0.3) is 0 Å². The first-order valence-corrected chi connectivity index (χ1v) is 9.93. The molecule has 2 aromatic carbocycles. The van der Waals surface area contributed by atoms with E-state index >= 15 is 0 Å². The number of nitrogens with zero attached hydrogens (tertiary/aromatic N) is 1. The third kappa shape index (κ3) is 5.32. The molecular weight excluding hydrogens is 336 g/mol. The summed E-state index contributed by atoms with van der Waals surface area (Å²) >= 11 is 0. The second kappa shape index (κ2) is 7.70. The van der Waals surface area contributed by atoms with Crippen molar-refractivity contribution in [3.05, 3.63) is 59.2 Å². The van der Waals surface area contributed by atoms with E-state index in [1.807, 2.05) is 45.0 Å². The fraction of sp³-hybridized carbons (Fsp3) is 0.316. The number of hydrogen-bond acceptors (Lipinski definition) is 3. The van der Waals surface area contributed by atoms with Gasteiger partial charge in [0.15, 0.2) is 0 Å². The average Bonchev–Trinajstić information content (AvgIpc) is 2.50. The highest BCUT2D eigenvalue weighted by Crippen LogP contribution is 2.20. The zero-order valence-corrected chi connectivity index (χ0v) is 15.9. The third-order valence-electron chi connectivity index (χ3n) is 3.90. The van der Waals surface area contributed by atoms with Gasteiger partial charge in [-0.1, -0.05) is 24.3 Å². The van der Waals surface area contributed by atoms with Crippen molar-refractivity contribution in [2.75, 3.05) is 22.4 Å². The predicted octanol–water partition coefficient (Wildman–Crippen LogP) is 3.41. The average molecular weight is 360 g/mol. The number of anilines is 2. The summed E-state index contributed by atoms with van der Waals surface area (Å²) in [6, 6.07) is 13.1. The van der Waals surface area contributed by atoms with E-state index in [-0.39, 0.29) is 18.9 Å². The van der Waals surface area contributed by atoms with Gasteiger partial charge in [-0.25, -0.2) is 8.42 Å². The molecule has 0 spiro atoms. The number of hydrogen-bond donors (Lipinski definition) is 1. The van der Waals surface area contributed by atoms with Crippen LogP contribution in [-0.4, -0.2) is 27.1 Å². The Bertz CT molecular complexity index is 876. The van der Waals surface area contributed by atoms with Crippen molar-refractivity contribution in [3.63, 3.8) is 0 Å². The topological polar surface area (TPSA) is 66.5 Å². The van der Waals surface area contributed by atoms with Crippen LogP contribution >= 0.6 is 0 Å². The summed E-state index contributed by atoms with van der Waals surface area (Å²) in [6.07, 6.45) is 1.23. The number of rotatable bonds is 6. The van der Waals surface area contributed by atoms with Crippen LogP contribution in [0.15, 0.2) is 42.5 Å². The van der Waals surface area contributed by atoms with Gasteiger partial charge in [-0.05, 0) is 55.7 Å². The number of benzene rings is 2. The van der Waals surface area contributed by atoms with E-state index in [9.17, 15) is 13.2 Å². The molecule has 0 aliphatic heterocycles. The second-order valence-electron chi connectivity index (χ2n) is 6.29. The summed E-state index contributed by atoms with van der Waals surface area (Å²) < 4.78 is 25.5. The van der Waals surface area contributed by atoms with Crippen LogP contribution in [0, 0.1) is 20.8 Å². The molecule has 0 saturated heterocycles. The summed E-state index contributed by atoms with van der Waals surface area (Å²) in [5, 5.41) is 2.86. The zero-order valence-electron chi connectivity index (χ0n) is 15.0. The standard InChI is InChI=1S/C19H24N2O3S/c1-14-6-5-7-17(12-14)21(25(4,23)24)11-10-19(22)20-18-13-15(2)8-9-16(18)3/h5-9,12-13H,10-11H2,1-4H3,(H,20,22). The Kier molecular flexibility index (Phi) is 5.85. The molecule has 0 aliphatic rings. The highest BCUT2D eigenvalue weighted by molar-refractivity contribution is 7.92. The lowest BCUT2D eigenvalue weighted by molar-refractivity contribution is -0.116. The molecule has 25 heavy (non-hydrogen) atoms. The van der Waals surface area contributed by atoms with E-state index < -0.39 is 10.0 Å². The van der Waals surface area contributed by atoms with E-state index in [0.29, 0.717) is 5.69 Å². The molecule has 0 aromatic heterocycles. The second-order valence-corrected chi connectivity index (χ2v) is 8.20. The molecule has 0 atom stereocenters. The van der Waals surface area contributed by atoms with Gasteiger partial charge in [0.2, 0.25) is 15.9 Å². The fourth-order valence-corrected chi connectivity index (χ4v) is 3.48. The first kappa shape index (κ1) is 19.0. The highest BCUT2D eigenvalue weighted by atomic mass is 32.2. The van der Waals surface area contributed by atoms with Crippen LogP contribution in [-0.2, 0) is 14.8 Å². The summed E-state index contributed by atoms with van der Waals surface area (Å²) in [6.45, 7) is 5.87. The van der Waals surface area contributed by atoms with Crippen molar-refractivity contribution in [2.24, 2.45) is 0 Å². The van der Waals surface area contributed by atoms with E-state index in [2.05, 4.69) is 5.32 Å². The minimum atomic E-state index is -3.46. The van der Waals surface area contributed by atoms with Crippen molar-refractivity contribution in [2.45, 2.75) is 27.2 Å². The van der Waals surface area contributed by atoms with Gasteiger partial charge in [0.05, 0.1) is 11.9 Å². The maximum absolute atomic E-state index is 12.3. The number of aryl methyl sites for hydroxylation is 3. The Morgan fingerprint density at radius 2 is 1.72 bits per heavy atom. The van der Waals surface area contributed by atoms with Gasteiger partial charge in [-0.2, -0.15) is 0 Å². The predicted molar refractivity (Wildman–Crippen MR) is 103 cm³/mol. The largest absolute Gasteiger partial charge is 0.326 e. The summed E-state index contributed by atoms with van der Waals surface area (Å²) in [5.74, 6) is -0.213. The Labute approximate surface area is 149 Å². The molecule has 0 aliphatic carbocycles. The molecule has 0 fully saturated rings. The SMILES string of the molecule is Cc1cccc(N(CCC(=O)Nc2cc(C)ccc2C)S(C)(=O)=O)c1. The van der Waals surface area contributed by atoms with Crippen LogP contribution in [0.5, 0.6) is 0 Å². The molecule has 2 aromatic rings. The van der Waals surface area contributed by atoms with Crippen LogP contribution in [0.3, 0.4) is 0 Å². The molecule has 5 nitrogen and oxygen atoms in total. The van der Waals surface area contributed by atoms with Crippen molar-refractivity contribution < 1.29 is 13.2 Å². The Balaban J connectivity index is 2.10. The van der Waals surface area contributed by atoms with Gasteiger partial charge in [0, 0.05) is 18.7 Å². The number of carbonyl (C=O) groups excluding carboxylic acids is 1. The maximum atomic E-state index is 12.3. The van der Waals surface area contributed by atoms with Crippen LogP contribution < -0.4 is 9.62 Å². The quantitative estimate of drug-likeness (QED) is 0.858. The maximum Gasteiger partial charge on any atom is 0.232 e. The lowest BCUT2D eigenvalue weighted by Crippen LogP contribution is -2.33. The van der Waals surface area contributed by atoms with Crippen molar-refractivity contribution in [1.82, 2.24) is 0 Å². The normalized spacial score (nSPS) is 11.2. The van der Waals surface area contributed by atoms with Gasteiger partial charge in [-0.3, -0.25) is 9.10 Å². The van der Waals surface area contributed by atoms with Crippen molar-refractivity contribution in [1.29, 1.82) is 0 Å². The van der Waals surface area contributed by atoms with Gasteiger partial charge in [0.25, 0.3) is 0 Å². The van der Waals surface area contributed by atoms with Gasteiger partial charge in [0.1, 0.15) is 0 Å². The summed E-state index contributed by atoms with van der Waals surface area (Å²) in [7, 11) is -3.46. The number of amides is 1. The molecule has 0 saturated carbocycles. The number of sulfonamides is 1. The van der Waals surface area contributed by atoms with E-state index in [0.717, 1.165) is 28.6 Å². The minimum Gasteiger partial charge on any atom is -0.326 e. The molecule has 0 bridgehead atoms. The lowest BCUT2D eigenvalue weighted by Gasteiger charge is -2.22. The molecule has 134 valence electrons. The van der Waals surface area contributed by atoms with E-state index in [4.69, 9.17) is 0 Å². The Morgan fingerprint density at radius 1 is 1.04 bits per heavy atom. The van der Waals surface area contributed by atoms with Crippen molar-refractivity contribution in [3.8, 4) is 0 Å². The lowest BCUT2D eigenvalue weighted by atomic mass is 10.1. The van der Waals surface area contributed by atoms with Gasteiger partial charge < -0.3 is 5.32 Å².